The Kier molecular flexibility index (Phi) is 4.98. The van der Waals surface area contributed by atoms with E-state index in [0.717, 1.165) is 16.7 Å². The summed E-state index contributed by atoms with van der Waals surface area (Å²) in [6.45, 7) is 3.64. The normalized spacial score (nSPS) is 12.1. The molecule has 0 aliphatic rings. The van der Waals surface area contributed by atoms with Crippen molar-refractivity contribution in [3.8, 4) is 11.1 Å². The van der Waals surface area contributed by atoms with Gasteiger partial charge in [0.05, 0.1) is 11.7 Å². The SMILES string of the molecule is Cc1ccc(-c2csc3ncn([C@@H](C)C(=O)Nc4ccc(F)cc4)c(=O)c23)cc1. The number of halogens is 1. The quantitative estimate of drug-likeness (QED) is 0.530. The van der Waals surface area contributed by atoms with Crippen LogP contribution in [0.15, 0.2) is 65.0 Å². The number of amides is 1. The topological polar surface area (TPSA) is 64.0 Å². The van der Waals surface area contributed by atoms with Gasteiger partial charge in [0.15, 0.2) is 0 Å². The second kappa shape index (κ2) is 7.60. The molecule has 0 unspecified atom stereocenters. The van der Waals surface area contributed by atoms with Crippen LogP contribution in [-0.2, 0) is 4.79 Å². The first kappa shape index (κ1) is 19.0. The van der Waals surface area contributed by atoms with Crippen LogP contribution in [0.4, 0.5) is 10.1 Å². The van der Waals surface area contributed by atoms with Gasteiger partial charge in [-0.2, -0.15) is 0 Å². The molecule has 0 saturated carbocycles. The Bertz CT molecular complexity index is 1240. The van der Waals surface area contributed by atoms with Gasteiger partial charge in [-0.3, -0.25) is 14.2 Å². The van der Waals surface area contributed by atoms with Crippen molar-refractivity contribution in [2.75, 3.05) is 5.32 Å². The summed E-state index contributed by atoms with van der Waals surface area (Å²) in [6, 6.07) is 12.6. The number of fused-ring (bicyclic) bond motifs is 1. The van der Waals surface area contributed by atoms with Crippen molar-refractivity contribution in [1.82, 2.24) is 9.55 Å². The molecule has 0 radical (unpaired) electrons. The largest absolute Gasteiger partial charge is 0.324 e. The van der Waals surface area contributed by atoms with Gasteiger partial charge in [0.2, 0.25) is 5.91 Å². The summed E-state index contributed by atoms with van der Waals surface area (Å²) in [7, 11) is 0. The lowest BCUT2D eigenvalue weighted by Crippen LogP contribution is -2.31. The lowest BCUT2D eigenvalue weighted by Gasteiger charge is -2.15. The van der Waals surface area contributed by atoms with Crippen LogP contribution in [0.3, 0.4) is 0 Å². The second-order valence-corrected chi connectivity index (χ2v) is 7.68. The van der Waals surface area contributed by atoms with E-state index in [1.54, 1.807) is 6.92 Å². The number of thiophene rings is 1. The Morgan fingerprint density at radius 1 is 1.14 bits per heavy atom. The molecule has 1 amide bonds. The molecule has 2 heterocycles. The lowest BCUT2D eigenvalue weighted by molar-refractivity contribution is -0.118. The van der Waals surface area contributed by atoms with Crippen LogP contribution in [0.1, 0.15) is 18.5 Å². The molecule has 0 saturated heterocycles. The first-order valence-electron chi connectivity index (χ1n) is 9.06. The van der Waals surface area contributed by atoms with Crippen LogP contribution < -0.4 is 10.9 Å². The monoisotopic (exact) mass is 407 g/mol. The third-order valence-corrected chi connectivity index (χ3v) is 5.68. The number of benzene rings is 2. The number of carbonyl (C=O) groups is 1. The van der Waals surface area contributed by atoms with Crippen molar-refractivity contribution in [3.05, 3.63) is 82.0 Å². The second-order valence-electron chi connectivity index (χ2n) is 6.82. The van der Waals surface area contributed by atoms with Gasteiger partial charge in [-0.15, -0.1) is 11.3 Å². The molecule has 2 aromatic heterocycles. The highest BCUT2D eigenvalue weighted by Gasteiger charge is 2.20. The van der Waals surface area contributed by atoms with Gasteiger partial charge in [-0.05, 0) is 43.7 Å². The van der Waals surface area contributed by atoms with Crippen LogP contribution >= 0.6 is 11.3 Å². The van der Waals surface area contributed by atoms with E-state index in [1.807, 2.05) is 36.6 Å². The van der Waals surface area contributed by atoms with E-state index in [9.17, 15) is 14.0 Å². The van der Waals surface area contributed by atoms with Crippen molar-refractivity contribution in [1.29, 1.82) is 0 Å². The van der Waals surface area contributed by atoms with Crippen LogP contribution in [0.25, 0.3) is 21.3 Å². The summed E-state index contributed by atoms with van der Waals surface area (Å²) >= 11 is 1.40. The molecule has 0 bridgehead atoms. The third kappa shape index (κ3) is 3.69. The maximum Gasteiger partial charge on any atom is 0.263 e. The van der Waals surface area contributed by atoms with Crippen molar-refractivity contribution < 1.29 is 9.18 Å². The van der Waals surface area contributed by atoms with Crippen LogP contribution in [0.2, 0.25) is 0 Å². The predicted octanol–water partition coefficient (Wildman–Crippen LogP) is 4.77. The number of nitrogens with zero attached hydrogens (tertiary/aromatic N) is 2. The summed E-state index contributed by atoms with van der Waals surface area (Å²) in [5.41, 5.74) is 3.06. The highest BCUT2D eigenvalue weighted by Crippen LogP contribution is 2.31. The fraction of sp³-hybridized carbons (Fsp3) is 0.136. The zero-order valence-corrected chi connectivity index (χ0v) is 16.7. The molecule has 146 valence electrons. The van der Waals surface area contributed by atoms with E-state index < -0.39 is 6.04 Å². The van der Waals surface area contributed by atoms with E-state index >= 15 is 0 Å². The van der Waals surface area contributed by atoms with Crippen LogP contribution in [0.5, 0.6) is 0 Å². The molecule has 29 heavy (non-hydrogen) atoms. The Morgan fingerprint density at radius 3 is 2.52 bits per heavy atom. The minimum absolute atomic E-state index is 0.270. The number of nitrogens with one attached hydrogen (secondary N) is 1. The van der Waals surface area contributed by atoms with Gasteiger partial charge >= 0.3 is 0 Å². The van der Waals surface area contributed by atoms with E-state index in [1.165, 1.54) is 46.5 Å². The van der Waals surface area contributed by atoms with E-state index in [0.29, 0.717) is 15.9 Å². The molecule has 7 heteroatoms. The molecule has 0 spiro atoms. The zero-order chi connectivity index (χ0) is 20.5. The highest BCUT2D eigenvalue weighted by molar-refractivity contribution is 7.17. The molecule has 0 aliphatic carbocycles. The minimum atomic E-state index is -0.782. The van der Waals surface area contributed by atoms with Crippen molar-refractivity contribution in [2.24, 2.45) is 0 Å². The molecule has 5 nitrogen and oxygen atoms in total. The Balaban J connectivity index is 1.70. The number of anilines is 1. The molecule has 2 aromatic carbocycles. The summed E-state index contributed by atoms with van der Waals surface area (Å²) in [4.78, 5) is 30.8. The average molecular weight is 407 g/mol. The molecular weight excluding hydrogens is 389 g/mol. The molecule has 0 fully saturated rings. The van der Waals surface area contributed by atoms with Crippen molar-refractivity contribution in [3.63, 3.8) is 0 Å². The highest BCUT2D eigenvalue weighted by atomic mass is 32.1. The van der Waals surface area contributed by atoms with E-state index in [2.05, 4.69) is 10.3 Å². The Morgan fingerprint density at radius 2 is 1.83 bits per heavy atom. The van der Waals surface area contributed by atoms with Crippen molar-refractivity contribution >= 4 is 33.1 Å². The summed E-state index contributed by atoms with van der Waals surface area (Å²) in [6.07, 6.45) is 1.40. The fourth-order valence-electron chi connectivity index (χ4n) is 3.07. The maximum atomic E-state index is 13.2. The standard InChI is InChI=1S/C22H18FN3O2S/c1-13-3-5-15(6-4-13)18-11-29-21-19(18)22(28)26(12-24-21)14(2)20(27)25-17-9-7-16(23)8-10-17/h3-12,14H,1-2H3,(H,25,27)/t14-/m0/s1. The average Bonchev–Trinajstić information content (AvgIpc) is 3.15. The van der Waals surface area contributed by atoms with Gasteiger partial charge in [-0.25, -0.2) is 9.37 Å². The van der Waals surface area contributed by atoms with Gasteiger partial charge in [0, 0.05) is 16.6 Å². The minimum Gasteiger partial charge on any atom is -0.324 e. The molecule has 1 atom stereocenters. The summed E-state index contributed by atoms with van der Waals surface area (Å²) < 4.78 is 14.4. The van der Waals surface area contributed by atoms with Gasteiger partial charge in [-0.1, -0.05) is 29.8 Å². The van der Waals surface area contributed by atoms with Crippen molar-refractivity contribution in [2.45, 2.75) is 19.9 Å². The Labute approximate surface area is 170 Å². The number of rotatable bonds is 4. The number of aryl methyl sites for hydroxylation is 1. The maximum absolute atomic E-state index is 13.2. The smallest absolute Gasteiger partial charge is 0.263 e. The summed E-state index contributed by atoms with van der Waals surface area (Å²) in [5, 5.41) is 5.12. The first-order chi connectivity index (χ1) is 13.9. The number of aromatic nitrogens is 2. The Hall–Kier alpha value is -3.32. The number of hydrogen-bond acceptors (Lipinski definition) is 4. The van der Waals surface area contributed by atoms with Gasteiger partial charge < -0.3 is 5.32 Å². The predicted molar refractivity (Wildman–Crippen MR) is 114 cm³/mol. The van der Waals surface area contributed by atoms with E-state index in [4.69, 9.17) is 0 Å². The molecule has 1 N–H and O–H groups in total. The molecule has 4 rings (SSSR count). The molecular formula is C22H18FN3O2S. The lowest BCUT2D eigenvalue weighted by atomic mass is 10.0. The number of carbonyl (C=O) groups excluding carboxylic acids is 1. The zero-order valence-electron chi connectivity index (χ0n) is 15.8. The fourth-order valence-corrected chi connectivity index (χ4v) is 3.98. The third-order valence-electron chi connectivity index (χ3n) is 4.79. The van der Waals surface area contributed by atoms with Gasteiger partial charge in [0.25, 0.3) is 5.56 Å². The number of hydrogen-bond donors (Lipinski definition) is 1. The van der Waals surface area contributed by atoms with Crippen LogP contribution in [-0.4, -0.2) is 15.5 Å². The molecule has 0 aliphatic heterocycles. The summed E-state index contributed by atoms with van der Waals surface area (Å²) in [5.74, 6) is -0.769. The van der Waals surface area contributed by atoms with E-state index in [-0.39, 0.29) is 17.3 Å². The van der Waals surface area contributed by atoms with Crippen LogP contribution in [0, 0.1) is 12.7 Å². The molecule has 4 aromatic rings. The first-order valence-corrected chi connectivity index (χ1v) is 9.94. The van der Waals surface area contributed by atoms with Gasteiger partial charge in [0.1, 0.15) is 16.7 Å².